The lowest BCUT2D eigenvalue weighted by molar-refractivity contribution is -0.137. The number of alkyl halides is 3. The first-order valence-electron chi connectivity index (χ1n) is 8.42. The minimum Gasteiger partial charge on any atom is -0.336 e. The molecular weight excluding hydrogens is 389 g/mol. The van der Waals surface area contributed by atoms with Crippen LogP contribution >= 0.6 is 11.3 Å². The van der Waals surface area contributed by atoms with Crippen molar-refractivity contribution in [2.75, 3.05) is 6.54 Å². The van der Waals surface area contributed by atoms with Crippen LogP contribution in [0.1, 0.15) is 16.1 Å². The number of urea groups is 1. The lowest BCUT2D eigenvalue weighted by Gasteiger charge is -2.08. The maximum absolute atomic E-state index is 12.7. The number of pyridine rings is 1. The Morgan fingerprint density at radius 2 is 1.96 bits per heavy atom. The molecule has 1 N–H and O–H groups in total. The molecule has 2 heterocycles. The Labute approximate surface area is 163 Å². The third-order valence-electron chi connectivity index (χ3n) is 3.82. The van der Waals surface area contributed by atoms with E-state index in [0.717, 1.165) is 22.7 Å². The van der Waals surface area contributed by atoms with E-state index in [-0.39, 0.29) is 0 Å². The van der Waals surface area contributed by atoms with Gasteiger partial charge in [-0.1, -0.05) is 6.07 Å². The number of thiazole rings is 1. The first-order chi connectivity index (χ1) is 13.3. The number of halogens is 3. The molecule has 0 fully saturated rings. The Balaban J connectivity index is 1.74. The van der Waals surface area contributed by atoms with Crippen molar-refractivity contribution in [3.05, 3.63) is 75.8 Å². The van der Waals surface area contributed by atoms with Crippen molar-refractivity contribution >= 4 is 17.4 Å². The van der Waals surface area contributed by atoms with Gasteiger partial charge in [0, 0.05) is 41.6 Å². The third-order valence-corrected chi connectivity index (χ3v) is 4.72. The second-order valence-corrected chi connectivity index (χ2v) is 7.17. The highest BCUT2D eigenvalue weighted by Gasteiger charge is 2.30. The molecule has 0 saturated carbocycles. The lowest BCUT2D eigenvalue weighted by atomic mass is 10.2. The number of rotatable bonds is 4. The number of hydrogen-bond donors (Lipinski definition) is 1. The van der Waals surface area contributed by atoms with Crippen molar-refractivity contribution in [3.63, 3.8) is 0 Å². The number of aromatic nitrogens is 2. The van der Waals surface area contributed by atoms with E-state index in [1.165, 1.54) is 23.5 Å². The van der Waals surface area contributed by atoms with Gasteiger partial charge in [-0.15, -0.1) is 11.3 Å². The Kier molecular flexibility index (Phi) is 5.93. The van der Waals surface area contributed by atoms with Crippen molar-refractivity contribution < 1.29 is 18.0 Å². The predicted octanol–water partition coefficient (Wildman–Crippen LogP) is 4.11. The van der Waals surface area contributed by atoms with Crippen molar-refractivity contribution in [1.82, 2.24) is 14.9 Å². The zero-order valence-electron chi connectivity index (χ0n) is 14.9. The van der Waals surface area contributed by atoms with Gasteiger partial charge in [-0.2, -0.15) is 18.2 Å². The Hall–Kier alpha value is -2.94. The lowest BCUT2D eigenvalue weighted by Crippen LogP contribution is -2.26. The first kappa shape index (κ1) is 19.8. The van der Waals surface area contributed by atoms with Gasteiger partial charge >= 0.3 is 12.2 Å². The summed E-state index contributed by atoms with van der Waals surface area (Å²) >= 11 is 1.28. The molecule has 0 aliphatic rings. The van der Waals surface area contributed by atoms with Crippen LogP contribution in [0.25, 0.3) is 5.69 Å². The summed E-state index contributed by atoms with van der Waals surface area (Å²) in [5.41, 5.74) is 0.626. The van der Waals surface area contributed by atoms with Crippen LogP contribution in [0.15, 0.2) is 59.9 Å². The quantitative estimate of drug-likeness (QED) is 0.709. The van der Waals surface area contributed by atoms with Crippen LogP contribution in [0.2, 0.25) is 0 Å². The van der Waals surface area contributed by atoms with Gasteiger partial charge in [0.2, 0.25) is 0 Å². The second kappa shape index (κ2) is 8.39. The minimum atomic E-state index is -4.39. The summed E-state index contributed by atoms with van der Waals surface area (Å²) in [4.78, 5) is 21.6. The smallest absolute Gasteiger partial charge is 0.336 e. The van der Waals surface area contributed by atoms with Crippen LogP contribution in [0.3, 0.4) is 0 Å². The van der Waals surface area contributed by atoms with Gasteiger partial charge in [-0.05, 0) is 43.3 Å². The number of benzene rings is 1. The summed E-state index contributed by atoms with van der Waals surface area (Å²) in [6, 6.07) is 9.76. The normalized spacial score (nSPS) is 12.2. The molecule has 1 aromatic carbocycles. The number of aryl methyl sites for hydroxylation is 1. The fraction of sp³-hybridized carbons (Fsp3) is 0.211. The topological polar surface area (TPSA) is 59.3 Å². The molecule has 0 radical (unpaired) electrons. The average molecular weight is 406 g/mol. The third kappa shape index (κ3) is 5.07. The SMILES string of the molecule is Cc1cn(-c2ccc(C(F)(F)F)cc2)c(=NC(=O)NCCc2ccccn2)s1. The average Bonchev–Trinajstić information content (AvgIpc) is 3.02. The fourth-order valence-corrected chi connectivity index (χ4v) is 3.33. The molecular formula is C19H17F3N4OS. The predicted molar refractivity (Wildman–Crippen MR) is 100 cm³/mol. The van der Waals surface area contributed by atoms with Crippen LogP contribution < -0.4 is 10.1 Å². The first-order valence-corrected chi connectivity index (χ1v) is 9.24. The van der Waals surface area contributed by atoms with Crippen LogP contribution in [0, 0.1) is 6.92 Å². The standard InChI is InChI=1S/C19H17F3N4OS/c1-13-12-26(16-7-5-14(6-8-16)19(20,21)22)18(28-13)25-17(27)24-11-9-15-4-2-3-10-23-15/h2-8,10,12H,9,11H2,1H3,(H,24,27). The monoisotopic (exact) mass is 406 g/mol. The van der Waals surface area contributed by atoms with Crippen LogP contribution in [-0.2, 0) is 12.6 Å². The highest BCUT2D eigenvalue weighted by atomic mass is 32.1. The van der Waals surface area contributed by atoms with Crippen molar-refractivity contribution in [1.29, 1.82) is 0 Å². The van der Waals surface area contributed by atoms with E-state index in [1.807, 2.05) is 25.1 Å². The van der Waals surface area contributed by atoms with E-state index in [4.69, 9.17) is 0 Å². The molecule has 0 atom stereocenters. The summed E-state index contributed by atoms with van der Waals surface area (Å²) in [7, 11) is 0. The van der Waals surface area contributed by atoms with Crippen LogP contribution in [0.4, 0.5) is 18.0 Å². The molecule has 0 unspecified atom stereocenters. The van der Waals surface area contributed by atoms with Gasteiger partial charge in [-0.25, -0.2) is 4.79 Å². The molecule has 2 aromatic heterocycles. The van der Waals surface area contributed by atoms with E-state index < -0.39 is 17.8 Å². The number of carbonyl (C=O) groups excluding carboxylic acids is 1. The molecule has 3 aromatic rings. The van der Waals surface area contributed by atoms with Gasteiger partial charge in [0.1, 0.15) is 0 Å². The van der Waals surface area contributed by atoms with E-state index in [0.29, 0.717) is 23.5 Å². The summed E-state index contributed by atoms with van der Waals surface area (Å²) in [6.07, 6.45) is -0.408. The molecule has 0 saturated heterocycles. The molecule has 0 aliphatic carbocycles. The largest absolute Gasteiger partial charge is 0.416 e. The zero-order chi connectivity index (χ0) is 20.1. The summed E-state index contributed by atoms with van der Waals surface area (Å²) < 4.78 is 39.8. The fourth-order valence-electron chi connectivity index (χ4n) is 2.50. The Bertz CT molecular complexity index is 1010. The molecule has 0 aliphatic heterocycles. The van der Waals surface area contributed by atoms with E-state index in [9.17, 15) is 18.0 Å². The molecule has 0 bridgehead atoms. The maximum Gasteiger partial charge on any atom is 0.416 e. The number of hydrogen-bond acceptors (Lipinski definition) is 3. The summed E-state index contributed by atoms with van der Waals surface area (Å²) in [5.74, 6) is 0. The van der Waals surface area contributed by atoms with Gasteiger partial charge in [0.05, 0.1) is 5.56 Å². The molecule has 2 amide bonds. The molecule has 146 valence electrons. The van der Waals surface area contributed by atoms with Gasteiger partial charge in [0.25, 0.3) is 0 Å². The van der Waals surface area contributed by atoms with Gasteiger partial charge in [-0.3, -0.25) is 9.55 Å². The second-order valence-electron chi connectivity index (χ2n) is 5.95. The summed E-state index contributed by atoms with van der Waals surface area (Å²) in [6.45, 7) is 2.22. The van der Waals surface area contributed by atoms with E-state index in [1.54, 1.807) is 17.0 Å². The number of amides is 2. The Morgan fingerprint density at radius 1 is 1.21 bits per heavy atom. The van der Waals surface area contributed by atoms with E-state index >= 15 is 0 Å². The van der Waals surface area contributed by atoms with Crippen molar-refractivity contribution in [2.24, 2.45) is 4.99 Å². The van der Waals surface area contributed by atoms with Crippen LogP contribution in [0.5, 0.6) is 0 Å². The number of nitrogens with zero attached hydrogens (tertiary/aromatic N) is 3. The van der Waals surface area contributed by atoms with Crippen molar-refractivity contribution in [3.8, 4) is 5.69 Å². The minimum absolute atomic E-state index is 0.379. The maximum atomic E-state index is 12.7. The molecule has 5 nitrogen and oxygen atoms in total. The van der Waals surface area contributed by atoms with Crippen molar-refractivity contribution in [2.45, 2.75) is 19.5 Å². The van der Waals surface area contributed by atoms with Gasteiger partial charge < -0.3 is 5.32 Å². The number of nitrogens with one attached hydrogen (secondary N) is 1. The van der Waals surface area contributed by atoms with Crippen LogP contribution in [-0.4, -0.2) is 22.1 Å². The summed E-state index contributed by atoms with van der Waals surface area (Å²) in [5, 5.41) is 2.70. The van der Waals surface area contributed by atoms with E-state index in [2.05, 4.69) is 15.3 Å². The molecule has 28 heavy (non-hydrogen) atoms. The van der Waals surface area contributed by atoms with Gasteiger partial charge in [0.15, 0.2) is 4.80 Å². The highest BCUT2D eigenvalue weighted by molar-refractivity contribution is 7.09. The molecule has 9 heteroatoms. The number of carbonyl (C=O) groups is 1. The Morgan fingerprint density at radius 3 is 2.61 bits per heavy atom. The molecule has 0 spiro atoms. The highest BCUT2D eigenvalue weighted by Crippen LogP contribution is 2.29. The molecule has 3 rings (SSSR count). The zero-order valence-corrected chi connectivity index (χ0v) is 15.7.